The van der Waals surface area contributed by atoms with Crippen LogP contribution in [0.4, 0.5) is 5.95 Å². The van der Waals surface area contributed by atoms with Gasteiger partial charge in [-0.2, -0.15) is 5.10 Å². The summed E-state index contributed by atoms with van der Waals surface area (Å²) in [7, 11) is 0.842. The maximum Gasteiger partial charge on any atom is 0.226 e. The van der Waals surface area contributed by atoms with Crippen LogP contribution in [0.1, 0.15) is 30.0 Å². The minimum absolute atomic E-state index is 0.531. The lowest BCUT2D eigenvalue weighted by Crippen LogP contribution is -2.34. The standard InChI is InChI=1S/C21H22ClN5OS/c1-26-13-16(12-23-26)19-20-18(8-11-29(20)28)24-21(25-19)27-9-6-15(7-10-27)14-2-4-17(22)5-3-14/h2-5,12-13,15H,6-11H2,1H3. The van der Waals surface area contributed by atoms with Crippen molar-refractivity contribution in [3.63, 3.8) is 0 Å². The Kier molecular flexibility index (Phi) is 4.87. The van der Waals surface area contributed by atoms with E-state index in [-0.39, 0.29) is 0 Å². The third-order valence-corrected chi connectivity index (χ3v) is 7.48. The highest BCUT2D eigenvalue weighted by molar-refractivity contribution is 7.85. The number of halogens is 1. The van der Waals surface area contributed by atoms with Crippen molar-refractivity contribution in [1.29, 1.82) is 0 Å². The Bertz CT molecular complexity index is 1070. The van der Waals surface area contributed by atoms with Gasteiger partial charge >= 0.3 is 0 Å². The summed E-state index contributed by atoms with van der Waals surface area (Å²) < 4.78 is 14.3. The molecule has 2 aliphatic heterocycles. The van der Waals surface area contributed by atoms with Crippen molar-refractivity contribution in [1.82, 2.24) is 19.7 Å². The highest BCUT2D eigenvalue weighted by Gasteiger charge is 2.29. The summed E-state index contributed by atoms with van der Waals surface area (Å²) in [5.74, 6) is 1.90. The second-order valence-electron chi connectivity index (χ2n) is 7.66. The average Bonchev–Trinajstić information content (AvgIpc) is 3.34. The van der Waals surface area contributed by atoms with E-state index in [2.05, 4.69) is 22.1 Å². The first kappa shape index (κ1) is 18.8. The number of benzene rings is 1. The topological polar surface area (TPSA) is 63.9 Å². The molecule has 1 saturated heterocycles. The molecule has 5 rings (SSSR count). The van der Waals surface area contributed by atoms with Gasteiger partial charge in [-0.05, 0) is 36.5 Å². The smallest absolute Gasteiger partial charge is 0.226 e. The summed E-state index contributed by atoms with van der Waals surface area (Å²) in [6.45, 7) is 1.81. The molecular weight excluding hydrogens is 406 g/mol. The van der Waals surface area contributed by atoms with E-state index >= 15 is 0 Å². The SMILES string of the molecule is Cn1cc(-c2nc(N3CCC(c4ccc(Cl)cc4)CC3)nc3c2S(=O)CC3)cn1. The summed E-state index contributed by atoms with van der Waals surface area (Å²) in [6, 6.07) is 8.19. The number of aromatic nitrogens is 4. The van der Waals surface area contributed by atoms with Gasteiger partial charge in [-0.25, -0.2) is 9.97 Å². The number of nitrogens with zero attached hydrogens (tertiary/aromatic N) is 5. The number of aryl methyl sites for hydroxylation is 2. The number of hydrogen-bond donors (Lipinski definition) is 0. The van der Waals surface area contributed by atoms with E-state index in [0.29, 0.717) is 11.7 Å². The Hall–Kier alpha value is -2.25. The van der Waals surface area contributed by atoms with Crippen LogP contribution >= 0.6 is 11.6 Å². The van der Waals surface area contributed by atoms with Crippen molar-refractivity contribution in [2.45, 2.75) is 30.1 Å². The van der Waals surface area contributed by atoms with E-state index in [1.54, 1.807) is 10.9 Å². The Balaban J connectivity index is 1.42. The van der Waals surface area contributed by atoms with E-state index in [9.17, 15) is 4.21 Å². The fourth-order valence-electron chi connectivity index (χ4n) is 4.21. The Morgan fingerprint density at radius 1 is 1.14 bits per heavy atom. The maximum atomic E-state index is 12.6. The number of anilines is 1. The number of piperidine rings is 1. The van der Waals surface area contributed by atoms with Gasteiger partial charge < -0.3 is 4.90 Å². The van der Waals surface area contributed by atoms with Crippen LogP contribution in [0, 0.1) is 0 Å². The van der Waals surface area contributed by atoms with Crippen molar-refractivity contribution in [3.8, 4) is 11.3 Å². The van der Waals surface area contributed by atoms with Gasteiger partial charge in [0.05, 0.1) is 33.3 Å². The minimum atomic E-state index is -1.04. The molecule has 6 nitrogen and oxygen atoms in total. The van der Waals surface area contributed by atoms with Gasteiger partial charge in [0, 0.05) is 49.1 Å². The first-order valence-electron chi connectivity index (χ1n) is 9.87. The zero-order chi connectivity index (χ0) is 20.0. The molecule has 1 fully saturated rings. The molecule has 0 bridgehead atoms. The molecule has 0 saturated carbocycles. The summed E-state index contributed by atoms with van der Waals surface area (Å²) in [6.07, 6.45) is 6.56. The van der Waals surface area contributed by atoms with Crippen LogP contribution in [0.5, 0.6) is 0 Å². The Labute approximate surface area is 177 Å². The third kappa shape index (κ3) is 3.57. The summed E-state index contributed by atoms with van der Waals surface area (Å²) >= 11 is 6.02. The third-order valence-electron chi connectivity index (χ3n) is 5.77. The van der Waals surface area contributed by atoms with E-state index in [1.807, 2.05) is 25.4 Å². The summed E-state index contributed by atoms with van der Waals surface area (Å²) in [5, 5.41) is 5.05. The normalized spacial score (nSPS) is 19.5. The molecule has 1 aromatic carbocycles. The fraction of sp³-hybridized carbons (Fsp3) is 0.381. The predicted molar refractivity (Wildman–Crippen MR) is 115 cm³/mol. The van der Waals surface area contributed by atoms with Gasteiger partial charge in [0.1, 0.15) is 0 Å². The van der Waals surface area contributed by atoms with Crippen LogP contribution in [-0.2, 0) is 24.3 Å². The maximum absolute atomic E-state index is 12.6. The molecular formula is C21H22ClN5OS. The van der Waals surface area contributed by atoms with Crippen LogP contribution in [0.2, 0.25) is 5.02 Å². The molecule has 0 spiro atoms. The molecule has 2 aromatic heterocycles. The predicted octanol–water partition coefficient (Wildman–Crippen LogP) is 3.58. The van der Waals surface area contributed by atoms with Crippen LogP contribution in [-0.4, -0.2) is 42.8 Å². The van der Waals surface area contributed by atoms with Crippen LogP contribution in [0.25, 0.3) is 11.3 Å². The first-order chi connectivity index (χ1) is 14.1. The van der Waals surface area contributed by atoms with Crippen molar-refractivity contribution >= 4 is 28.3 Å². The summed E-state index contributed by atoms with van der Waals surface area (Å²) in [4.78, 5) is 12.7. The minimum Gasteiger partial charge on any atom is -0.341 e. The molecule has 150 valence electrons. The molecule has 4 heterocycles. The Morgan fingerprint density at radius 2 is 1.90 bits per heavy atom. The van der Waals surface area contributed by atoms with Crippen molar-refractivity contribution in [2.24, 2.45) is 7.05 Å². The largest absolute Gasteiger partial charge is 0.341 e. The second-order valence-corrected chi connectivity index (χ2v) is 9.61. The van der Waals surface area contributed by atoms with Crippen molar-refractivity contribution in [2.75, 3.05) is 23.7 Å². The average molecular weight is 428 g/mol. The molecule has 0 radical (unpaired) electrons. The lowest BCUT2D eigenvalue weighted by Gasteiger charge is -2.32. The molecule has 0 N–H and O–H groups in total. The number of fused-ring (bicyclic) bond motifs is 1. The lowest BCUT2D eigenvalue weighted by atomic mass is 9.89. The van der Waals surface area contributed by atoms with Crippen LogP contribution in [0.3, 0.4) is 0 Å². The van der Waals surface area contributed by atoms with Gasteiger partial charge in [0.25, 0.3) is 0 Å². The quantitative estimate of drug-likeness (QED) is 0.639. The number of rotatable bonds is 3. The highest BCUT2D eigenvalue weighted by atomic mass is 35.5. The van der Waals surface area contributed by atoms with Gasteiger partial charge in [-0.1, -0.05) is 23.7 Å². The second kappa shape index (κ2) is 7.54. The van der Waals surface area contributed by atoms with E-state index in [0.717, 1.165) is 65.2 Å². The van der Waals surface area contributed by atoms with Gasteiger partial charge in [0.2, 0.25) is 5.95 Å². The van der Waals surface area contributed by atoms with Crippen molar-refractivity contribution in [3.05, 3.63) is 52.9 Å². The van der Waals surface area contributed by atoms with Gasteiger partial charge in [0.15, 0.2) is 0 Å². The van der Waals surface area contributed by atoms with Crippen LogP contribution in [0.15, 0.2) is 41.6 Å². The Morgan fingerprint density at radius 3 is 2.59 bits per heavy atom. The molecule has 0 amide bonds. The zero-order valence-corrected chi connectivity index (χ0v) is 17.8. The van der Waals surface area contributed by atoms with Gasteiger partial charge in [-0.15, -0.1) is 0 Å². The molecule has 0 aliphatic carbocycles. The van der Waals surface area contributed by atoms with Crippen LogP contribution < -0.4 is 4.90 Å². The van der Waals surface area contributed by atoms with Crippen molar-refractivity contribution < 1.29 is 4.21 Å². The zero-order valence-electron chi connectivity index (χ0n) is 16.2. The molecule has 3 aromatic rings. The number of hydrogen-bond acceptors (Lipinski definition) is 5. The van der Waals surface area contributed by atoms with Gasteiger partial charge in [-0.3, -0.25) is 8.89 Å². The van der Waals surface area contributed by atoms with E-state index in [1.165, 1.54) is 5.56 Å². The highest BCUT2D eigenvalue weighted by Crippen LogP contribution is 2.35. The molecule has 8 heteroatoms. The summed E-state index contributed by atoms with van der Waals surface area (Å²) in [5.41, 5.74) is 3.94. The molecule has 2 aliphatic rings. The monoisotopic (exact) mass is 427 g/mol. The van der Waals surface area contributed by atoms with E-state index in [4.69, 9.17) is 21.6 Å². The molecule has 29 heavy (non-hydrogen) atoms. The van der Waals surface area contributed by atoms with E-state index < -0.39 is 10.8 Å². The first-order valence-corrected chi connectivity index (χ1v) is 11.6. The fourth-order valence-corrected chi connectivity index (χ4v) is 5.71. The lowest BCUT2D eigenvalue weighted by molar-refractivity contribution is 0.499. The molecule has 1 atom stereocenters. The molecule has 1 unspecified atom stereocenters.